The average molecular weight is 397 g/mol. The molecule has 1 aliphatic carbocycles. The number of nitrogens with zero attached hydrogens (tertiary/aromatic N) is 1. The minimum absolute atomic E-state index is 0.168. The lowest BCUT2D eigenvalue weighted by Crippen LogP contribution is -2.50. The zero-order valence-corrected chi connectivity index (χ0v) is 17.2. The standard InChI is InChI=1S/C21H30ClFN2O2/c1-20(2,3)27-19(26)25-12-9-16(14-25)24-21(10-5-4-6-11-21)15-7-8-18(23)17(22)13-15/h7-8,13,16,24H,4-6,9-12,14H2,1-3H3/t16-/m0/s1. The summed E-state index contributed by atoms with van der Waals surface area (Å²) in [5.41, 5.74) is 0.353. The Hall–Kier alpha value is -1.33. The van der Waals surface area contributed by atoms with Crippen molar-refractivity contribution in [2.24, 2.45) is 0 Å². The second-order valence-corrected chi connectivity index (χ2v) is 9.24. The van der Waals surface area contributed by atoms with E-state index in [1.54, 1.807) is 11.0 Å². The molecule has 1 amide bonds. The number of halogens is 2. The minimum Gasteiger partial charge on any atom is -0.444 e. The lowest BCUT2D eigenvalue weighted by Gasteiger charge is -2.41. The molecule has 0 spiro atoms. The molecule has 2 aliphatic rings. The van der Waals surface area contributed by atoms with Crippen LogP contribution in [-0.2, 0) is 10.3 Å². The number of amides is 1. The fraction of sp³-hybridized carbons (Fsp3) is 0.667. The Kier molecular flexibility index (Phi) is 6.02. The smallest absolute Gasteiger partial charge is 0.410 e. The molecule has 1 N–H and O–H groups in total. The molecule has 1 saturated heterocycles. The number of likely N-dealkylation sites (tertiary alicyclic amines) is 1. The van der Waals surface area contributed by atoms with Gasteiger partial charge in [-0.15, -0.1) is 0 Å². The molecule has 0 radical (unpaired) electrons. The van der Waals surface area contributed by atoms with Gasteiger partial charge in [-0.05, 0) is 57.7 Å². The van der Waals surface area contributed by atoms with Crippen molar-refractivity contribution in [2.75, 3.05) is 13.1 Å². The molecule has 1 saturated carbocycles. The summed E-state index contributed by atoms with van der Waals surface area (Å²) in [5, 5.41) is 3.98. The predicted octanol–water partition coefficient (Wildman–Crippen LogP) is 5.24. The quantitative estimate of drug-likeness (QED) is 0.759. The predicted molar refractivity (Wildman–Crippen MR) is 106 cm³/mol. The van der Waals surface area contributed by atoms with Crippen LogP contribution >= 0.6 is 11.6 Å². The van der Waals surface area contributed by atoms with Crippen molar-refractivity contribution >= 4 is 17.7 Å². The van der Waals surface area contributed by atoms with E-state index in [1.807, 2.05) is 26.8 Å². The second kappa shape index (κ2) is 7.96. The SMILES string of the molecule is CC(C)(C)OC(=O)N1CC[C@H](NC2(c3ccc(F)c(Cl)c3)CCCCC2)C1. The molecule has 1 aromatic rings. The second-order valence-electron chi connectivity index (χ2n) is 8.83. The Morgan fingerprint density at radius 3 is 2.63 bits per heavy atom. The van der Waals surface area contributed by atoms with Crippen LogP contribution < -0.4 is 5.32 Å². The lowest BCUT2D eigenvalue weighted by molar-refractivity contribution is 0.0287. The molecule has 4 nitrogen and oxygen atoms in total. The summed E-state index contributed by atoms with van der Waals surface area (Å²) in [6.45, 7) is 6.96. The summed E-state index contributed by atoms with van der Waals surface area (Å²) in [7, 11) is 0. The van der Waals surface area contributed by atoms with E-state index in [2.05, 4.69) is 5.32 Å². The third-order valence-electron chi connectivity index (χ3n) is 5.50. The van der Waals surface area contributed by atoms with Gasteiger partial charge in [0, 0.05) is 24.7 Å². The molecular formula is C21H30ClFN2O2. The molecule has 6 heteroatoms. The summed E-state index contributed by atoms with van der Waals surface area (Å²) < 4.78 is 19.2. The molecular weight excluding hydrogens is 367 g/mol. The molecule has 3 rings (SSSR count). The summed E-state index contributed by atoms with van der Waals surface area (Å²) >= 11 is 6.07. The Bertz CT molecular complexity index is 683. The topological polar surface area (TPSA) is 41.6 Å². The van der Waals surface area contributed by atoms with Crippen molar-refractivity contribution in [2.45, 2.75) is 76.5 Å². The highest BCUT2D eigenvalue weighted by Gasteiger charge is 2.39. The molecule has 1 aromatic carbocycles. The van der Waals surface area contributed by atoms with E-state index in [4.69, 9.17) is 16.3 Å². The van der Waals surface area contributed by atoms with Gasteiger partial charge in [0.2, 0.25) is 0 Å². The van der Waals surface area contributed by atoms with Gasteiger partial charge in [0.15, 0.2) is 0 Å². The van der Waals surface area contributed by atoms with Crippen LogP contribution in [0.5, 0.6) is 0 Å². The van der Waals surface area contributed by atoms with Crippen LogP contribution in [0.4, 0.5) is 9.18 Å². The normalized spacial score (nSPS) is 22.7. The van der Waals surface area contributed by atoms with Crippen molar-refractivity contribution in [3.05, 3.63) is 34.6 Å². The first-order valence-electron chi connectivity index (χ1n) is 9.90. The highest BCUT2D eigenvalue weighted by Crippen LogP contribution is 2.39. The highest BCUT2D eigenvalue weighted by atomic mass is 35.5. The van der Waals surface area contributed by atoms with Gasteiger partial charge in [0.05, 0.1) is 5.02 Å². The van der Waals surface area contributed by atoms with Crippen LogP contribution in [0.1, 0.15) is 64.9 Å². The zero-order chi connectivity index (χ0) is 19.7. The maximum atomic E-state index is 13.7. The third kappa shape index (κ3) is 4.94. The molecule has 1 atom stereocenters. The van der Waals surface area contributed by atoms with Crippen LogP contribution in [0.25, 0.3) is 0 Å². The van der Waals surface area contributed by atoms with E-state index in [1.165, 1.54) is 12.5 Å². The maximum Gasteiger partial charge on any atom is 0.410 e. The monoisotopic (exact) mass is 396 g/mol. The molecule has 27 heavy (non-hydrogen) atoms. The van der Waals surface area contributed by atoms with Crippen LogP contribution in [0.3, 0.4) is 0 Å². The minimum atomic E-state index is -0.488. The number of benzene rings is 1. The van der Waals surface area contributed by atoms with Crippen molar-refractivity contribution in [3.63, 3.8) is 0 Å². The van der Waals surface area contributed by atoms with Crippen molar-refractivity contribution in [3.8, 4) is 0 Å². The number of carbonyl (C=O) groups is 1. The number of nitrogens with one attached hydrogen (secondary N) is 1. The van der Waals surface area contributed by atoms with Crippen LogP contribution in [0.2, 0.25) is 5.02 Å². The number of hydrogen-bond donors (Lipinski definition) is 1. The number of rotatable bonds is 3. The molecule has 1 aliphatic heterocycles. The largest absolute Gasteiger partial charge is 0.444 e. The number of ether oxygens (including phenoxy) is 1. The molecule has 2 fully saturated rings. The number of carbonyl (C=O) groups excluding carboxylic acids is 1. The van der Waals surface area contributed by atoms with E-state index in [-0.39, 0.29) is 28.5 Å². The molecule has 0 bridgehead atoms. The Morgan fingerprint density at radius 1 is 1.30 bits per heavy atom. The van der Waals surface area contributed by atoms with Crippen molar-refractivity contribution in [1.82, 2.24) is 10.2 Å². The van der Waals surface area contributed by atoms with Gasteiger partial charge in [0.25, 0.3) is 0 Å². The number of hydrogen-bond acceptors (Lipinski definition) is 3. The van der Waals surface area contributed by atoms with Crippen LogP contribution in [0, 0.1) is 5.82 Å². The summed E-state index contributed by atoms with van der Waals surface area (Å²) in [4.78, 5) is 14.1. The molecule has 150 valence electrons. The summed E-state index contributed by atoms with van der Waals surface area (Å²) in [6.07, 6.45) is 6.10. The Labute approximate surface area is 166 Å². The van der Waals surface area contributed by atoms with E-state index in [9.17, 15) is 9.18 Å². The van der Waals surface area contributed by atoms with Gasteiger partial charge in [-0.3, -0.25) is 0 Å². The van der Waals surface area contributed by atoms with Crippen molar-refractivity contribution < 1.29 is 13.9 Å². The van der Waals surface area contributed by atoms with Gasteiger partial charge < -0.3 is 15.0 Å². The zero-order valence-electron chi connectivity index (χ0n) is 16.5. The highest BCUT2D eigenvalue weighted by molar-refractivity contribution is 6.30. The lowest BCUT2D eigenvalue weighted by atomic mass is 9.76. The van der Waals surface area contributed by atoms with Gasteiger partial charge in [0.1, 0.15) is 11.4 Å². The average Bonchev–Trinajstić information content (AvgIpc) is 3.05. The van der Waals surface area contributed by atoms with E-state index >= 15 is 0 Å². The van der Waals surface area contributed by atoms with Gasteiger partial charge >= 0.3 is 6.09 Å². The van der Waals surface area contributed by atoms with E-state index < -0.39 is 5.60 Å². The van der Waals surface area contributed by atoms with Gasteiger partial charge in [-0.1, -0.05) is 36.9 Å². The van der Waals surface area contributed by atoms with Crippen molar-refractivity contribution in [1.29, 1.82) is 0 Å². The third-order valence-corrected chi connectivity index (χ3v) is 5.79. The van der Waals surface area contributed by atoms with Crippen LogP contribution in [0.15, 0.2) is 18.2 Å². The van der Waals surface area contributed by atoms with Gasteiger partial charge in [-0.25, -0.2) is 9.18 Å². The first kappa shape index (κ1) is 20.4. The maximum absolute atomic E-state index is 13.7. The Morgan fingerprint density at radius 2 is 2.00 bits per heavy atom. The summed E-state index contributed by atoms with van der Waals surface area (Å²) in [6, 6.07) is 5.26. The van der Waals surface area contributed by atoms with Crippen LogP contribution in [-0.4, -0.2) is 35.7 Å². The molecule has 1 heterocycles. The van der Waals surface area contributed by atoms with Gasteiger partial charge in [-0.2, -0.15) is 0 Å². The summed E-state index contributed by atoms with van der Waals surface area (Å²) in [5.74, 6) is -0.386. The fourth-order valence-electron chi connectivity index (χ4n) is 4.23. The first-order chi connectivity index (χ1) is 12.7. The molecule has 0 aromatic heterocycles. The Balaban J connectivity index is 1.72. The fourth-order valence-corrected chi connectivity index (χ4v) is 4.41. The van der Waals surface area contributed by atoms with E-state index in [0.29, 0.717) is 13.1 Å². The molecule has 0 unspecified atom stereocenters. The first-order valence-corrected chi connectivity index (χ1v) is 10.3. The van der Waals surface area contributed by atoms with E-state index in [0.717, 1.165) is 37.7 Å².